The van der Waals surface area contributed by atoms with Crippen molar-refractivity contribution < 1.29 is 9.59 Å². The second-order valence-corrected chi connectivity index (χ2v) is 6.42. The molecule has 0 aliphatic rings. The van der Waals surface area contributed by atoms with Crippen molar-refractivity contribution in [3.63, 3.8) is 0 Å². The van der Waals surface area contributed by atoms with Crippen LogP contribution in [0.2, 0.25) is 0 Å². The molecule has 0 saturated carbocycles. The predicted octanol–water partition coefficient (Wildman–Crippen LogP) is 1.15. The van der Waals surface area contributed by atoms with Crippen molar-refractivity contribution in [3.8, 4) is 0 Å². The number of nitrogens with one attached hydrogen (secondary N) is 1. The van der Waals surface area contributed by atoms with E-state index in [0.29, 0.717) is 21.9 Å². The number of amides is 3. The zero-order chi connectivity index (χ0) is 15.6. The number of fused-ring (bicyclic) bond motifs is 1. The number of nitrogens with zero attached hydrogens (tertiary/aromatic N) is 2. The molecule has 1 atom stereocenters. The van der Waals surface area contributed by atoms with Crippen LogP contribution < -0.4 is 16.6 Å². The smallest absolute Gasteiger partial charge is 0.318 e. The van der Waals surface area contributed by atoms with Gasteiger partial charge < -0.3 is 5.73 Å². The zero-order valence-electron chi connectivity index (χ0n) is 11.5. The van der Waals surface area contributed by atoms with E-state index in [-0.39, 0.29) is 5.56 Å². The molecule has 2 heterocycles. The van der Waals surface area contributed by atoms with Crippen molar-refractivity contribution >= 4 is 45.3 Å². The molecule has 0 aliphatic carbocycles. The highest BCUT2D eigenvalue weighted by Crippen LogP contribution is 2.24. The second kappa shape index (κ2) is 6.27. The number of urea groups is 1. The number of hydrogen-bond donors (Lipinski definition) is 2. The van der Waals surface area contributed by atoms with Gasteiger partial charge in [-0.05, 0) is 25.3 Å². The third-order valence-corrected chi connectivity index (χ3v) is 4.73. The summed E-state index contributed by atoms with van der Waals surface area (Å²) in [4.78, 5) is 39.1. The van der Waals surface area contributed by atoms with E-state index in [4.69, 9.17) is 5.73 Å². The standard InChI is InChI=1S/C12H14N4O3S2/c1-3-16-10(18)8-7(4-5-20-8)14-12(16)21-6(2)9(17)15-11(13)19/h4-6H,3H2,1-2H3,(H3,13,15,17,19). The third-order valence-electron chi connectivity index (χ3n) is 2.74. The maximum Gasteiger partial charge on any atom is 0.318 e. The van der Waals surface area contributed by atoms with Gasteiger partial charge in [0.05, 0.1) is 10.8 Å². The molecule has 1 unspecified atom stereocenters. The Bertz CT molecular complexity index is 753. The van der Waals surface area contributed by atoms with E-state index in [0.717, 1.165) is 11.8 Å². The Morgan fingerprint density at radius 2 is 2.29 bits per heavy atom. The number of carbonyl (C=O) groups is 2. The normalized spacial score (nSPS) is 12.3. The predicted molar refractivity (Wildman–Crippen MR) is 82.6 cm³/mol. The Balaban J connectivity index is 2.35. The maximum atomic E-state index is 12.3. The van der Waals surface area contributed by atoms with Crippen LogP contribution >= 0.6 is 23.1 Å². The molecule has 0 saturated heterocycles. The summed E-state index contributed by atoms with van der Waals surface area (Å²) in [5.41, 5.74) is 5.40. The maximum absolute atomic E-state index is 12.3. The van der Waals surface area contributed by atoms with Crippen LogP contribution in [0.15, 0.2) is 21.4 Å². The first-order valence-electron chi connectivity index (χ1n) is 6.19. The van der Waals surface area contributed by atoms with E-state index in [9.17, 15) is 14.4 Å². The quantitative estimate of drug-likeness (QED) is 0.647. The summed E-state index contributed by atoms with van der Waals surface area (Å²) in [7, 11) is 0. The minimum Gasteiger partial charge on any atom is -0.351 e. The molecule has 2 aromatic rings. The van der Waals surface area contributed by atoms with Gasteiger partial charge in [-0.3, -0.25) is 19.5 Å². The number of aromatic nitrogens is 2. The molecule has 0 aliphatic heterocycles. The highest BCUT2D eigenvalue weighted by Gasteiger charge is 2.20. The molecule has 2 rings (SSSR count). The number of thioether (sulfide) groups is 1. The highest BCUT2D eigenvalue weighted by molar-refractivity contribution is 8.00. The van der Waals surface area contributed by atoms with Crippen LogP contribution in [-0.2, 0) is 11.3 Å². The Morgan fingerprint density at radius 1 is 1.57 bits per heavy atom. The van der Waals surface area contributed by atoms with Crippen LogP contribution in [-0.4, -0.2) is 26.7 Å². The monoisotopic (exact) mass is 326 g/mol. The summed E-state index contributed by atoms with van der Waals surface area (Å²) in [5, 5.41) is 3.66. The summed E-state index contributed by atoms with van der Waals surface area (Å²) in [6, 6.07) is 0.862. The molecule has 0 spiro atoms. The van der Waals surface area contributed by atoms with Gasteiger partial charge in [0.25, 0.3) is 5.56 Å². The van der Waals surface area contributed by atoms with Crippen LogP contribution in [0.1, 0.15) is 13.8 Å². The first-order valence-corrected chi connectivity index (χ1v) is 7.95. The Hall–Kier alpha value is -1.87. The van der Waals surface area contributed by atoms with Gasteiger partial charge in [0.15, 0.2) is 5.16 Å². The summed E-state index contributed by atoms with van der Waals surface area (Å²) in [5.74, 6) is -0.519. The number of hydrogen-bond acceptors (Lipinski definition) is 6. The van der Waals surface area contributed by atoms with E-state index in [1.807, 2.05) is 12.2 Å². The number of thiophene rings is 1. The van der Waals surface area contributed by atoms with Crippen molar-refractivity contribution in [2.45, 2.75) is 30.8 Å². The molecule has 9 heteroatoms. The number of primary amides is 1. The average molecular weight is 326 g/mol. The number of nitrogens with two attached hydrogens (primary N) is 1. The van der Waals surface area contributed by atoms with Crippen molar-refractivity contribution in [1.29, 1.82) is 0 Å². The van der Waals surface area contributed by atoms with Crippen molar-refractivity contribution in [3.05, 3.63) is 21.8 Å². The summed E-state index contributed by atoms with van der Waals surface area (Å²) < 4.78 is 2.10. The van der Waals surface area contributed by atoms with Crippen molar-refractivity contribution in [2.75, 3.05) is 0 Å². The first-order chi connectivity index (χ1) is 9.93. The topological polar surface area (TPSA) is 107 Å². The van der Waals surface area contributed by atoms with Gasteiger partial charge in [-0.2, -0.15) is 0 Å². The highest BCUT2D eigenvalue weighted by atomic mass is 32.2. The zero-order valence-corrected chi connectivity index (χ0v) is 13.1. The number of imide groups is 1. The largest absolute Gasteiger partial charge is 0.351 e. The number of rotatable bonds is 4. The van der Waals surface area contributed by atoms with Gasteiger partial charge in [0.1, 0.15) is 4.70 Å². The third kappa shape index (κ3) is 3.24. The van der Waals surface area contributed by atoms with Crippen LogP contribution in [0.3, 0.4) is 0 Å². The molecule has 21 heavy (non-hydrogen) atoms. The lowest BCUT2D eigenvalue weighted by Crippen LogP contribution is -2.39. The fraction of sp³-hybridized carbons (Fsp3) is 0.333. The fourth-order valence-electron chi connectivity index (χ4n) is 1.73. The summed E-state index contributed by atoms with van der Waals surface area (Å²) in [6.07, 6.45) is 0. The lowest BCUT2D eigenvalue weighted by atomic mass is 10.4. The molecule has 2 aromatic heterocycles. The van der Waals surface area contributed by atoms with Gasteiger partial charge in [-0.1, -0.05) is 11.8 Å². The molecular weight excluding hydrogens is 312 g/mol. The molecule has 7 nitrogen and oxygen atoms in total. The lowest BCUT2D eigenvalue weighted by molar-refractivity contribution is -0.119. The van der Waals surface area contributed by atoms with Gasteiger partial charge >= 0.3 is 6.03 Å². The van der Waals surface area contributed by atoms with Crippen molar-refractivity contribution in [2.24, 2.45) is 5.73 Å². The lowest BCUT2D eigenvalue weighted by Gasteiger charge is -2.13. The Labute approximate surface area is 128 Å². The molecule has 3 amide bonds. The van der Waals surface area contributed by atoms with Gasteiger partial charge in [-0.15, -0.1) is 11.3 Å². The van der Waals surface area contributed by atoms with Crippen LogP contribution in [0, 0.1) is 0 Å². The Kier molecular flexibility index (Phi) is 4.63. The SMILES string of the molecule is CCn1c(SC(C)C(=O)NC(N)=O)nc2ccsc2c1=O. The summed E-state index contributed by atoms with van der Waals surface area (Å²) >= 11 is 2.45. The van der Waals surface area contributed by atoms with Gasteiger partial charge in [0.2, 0.25) is 5.91 Å². The minimum atomic E-state index is -0.901. The first kappa shape index (κ1) is 15.5. The minimum absolute atomic E-state index is 0.123. The molecule has 112 valence electrons. The van der Waals surface area contributed by atoms with E-state index in [1.54, 1.807) is 18.4 Å². The van der Waals surface area contributed by atoms with Crippen molar-refractivity contribution in [1.82, 2.24) is 14.9 Å². The second-order valence-electron chi connectivity index (χ2n) is 4.19. The van der Waals surface area contributed by atoms with E-state index in [2.05, 4.69) is 4.98 Å². The average Bonchev–Trinajstić information content (AvgIpc) is 2.86. The van der Waals surface area contributed by atoms with Crippen LogP contribution in [0.25, 0.3) is 10.2 Å². The summed E-state index contributed by atoms with van der Waals surface area (Å²) in [6.45, 7) is 3.90. The van der Waals surface area contributed by atoms with Gasteiger partial charge in [-0.25, -0.2) is 9.78 Å². The van der Waals surface area contributed by atoms with E-state index in [1.165, 1.54) is 15.9 Å². The van der Waals surface area contributed by atoms with E-state index >= 15 is 0 Å². The molecule has 0 fully saturated rings. The molecule has 0 radical (unpaired) electrons. The van der Waals surface area contributed by atoms with E-state index < -0.39 is 17.2 Å². The van der Waals surface area contributed by atoms with Crippen LogP contribution in [0.4, 0.5) is 4.79 Å². The molecule has 0 bridgehead atoms. The molecular formula is C12H14N4O3S2. The molecule has 0 aromatic carbocycles. The fourth-order valence-corrected chi connectivity index (χ4v) is 3.48. The van der Waals surface area contributed by atoms with Gasteiger partial charge in [0, 0.05) is 6.54 Å². The number of carbonyl (C=O) groups excluding carboxylic acids is 2. The van der Waals surface area contributed by atoms with Crippen LogP contribution in [0.5, 0.6) is 0 Å². The molecule has 3 N–H and O–H groups in total. The Morgan fingerprint density at radius 3 is 2.90 bits per heavy atom.